The van der Waals surface area contributed by atoms with E-state index in [0.29, 0.717) is 0 Å². The Morgan fingerprint density at radius 2 is 1.92 bits per heavy atom. The van der Waals surface area contributed by atoms with Gasteiger partial charge in [-0.15, -0.1) is 0 Å². The lowest BCUT2D eigenvalue weighted by atomic mass is 9.73. The molecule has 0 aliphatic carbocycles. The summed E-state index contributed by atoms with van der Waals surface area (Å²) >= 11 is 0. The Hall–Kier alpha value is -2.51. The number of aliphatic hydroxyl groups is 1. The summed E-state index contributed by atoms with van der Waals surface area (Å²) in [6, 6.07) is 6.31. The minimum atomic E-state index is -1.19. The highest BCUT2D eigenvalue weighted by atomic mass is 16.5. The quantitative estimate of drug-likeness (QED) is 0.493. The zero-order valence-corrected chi connectivity index (χ0v) is 13.8. The SMILES string of the molecule is COC(=O)c1ccccc1N1C(=O)C2C(C1=O)C1(CO)C=CC2(C)O1. The average Bonchev–Trinajstić information content (AvgIpc) is 3.20. The van der Waals surface area contributed by atoms with Crippen molar-refractivity contribution in [3.63, 3.8) is 0 Å². The summed E-state index contributed by atoms with van der Waals surface area (Å²) in [4.78, 5) is 39.2. The summed E-state index contributed by atoms with van der Waals surface area (Å²) in [6.07, 6.45) is 3.39. The fourth-order valence-electron chi connectivity index (χ4n) is 4.23. The van der Waals surface area contributed by atoms with Crippen LogP contribution in [0.3, 0.4) is 0 Å². The summed E-state index contributed by atoms with van der Waals surface area (Å²) in [5.74, 6) is -3.09. The number of fused-ring (bicyclic) bond motifs is 5. The van der Waals surface area contributed by atoms with Gasteiger partial charge in [0.05, 0.1) is 42.4 Å². The minimum absolute atomic E-state index is 0.135. The summed E-state index contributed by atoms with van der Waals surface area (Å²) in [5, 5.41) is 9.81. The highest BCUT2D eigenvalue weighted by Crippen LogP contribution is 2.57. The third-order valence-corrected chi connectivity index (χ3v) is 5.35. The number of methoxy groups -OCH3 is 1. The molecule has 4 unspecified atom stereocenters. The maximum Gasteiger partial charge on any atom is 0.339 e. The van der Waals surface area contributed by atoms with Gasteiger partial charge in [0.25, 0.3) is 0 Å². The molecule has 3 heterocycles. The molecule has 2 fully saturated rings. The van der Waals surface area contributed by atoms with Crippen LogP contribution >= 0.6 is 0 Å². The molecule has 2 bridgehead atoms. The molecule has 0 saturated carbocycles. The predicted octanol–water partition coefficient (Wildman–Crippen LogP) is 0.669. The van der Waals surface area contributed by atoms with E-state index in [-0.39, 0.29) is 11.3 Å². The van der Waals surface area contributed by atoms with Crippen LogP contribution in [0.1, 0.15) is 17.3 Å². The van der Waals surface area contributed by atoms with E-state index in [2.05, 4.69) is 0 Å². The van der Waals surface area contributed by atoms with Crippen LogP contribution in [0.15, 0.2) is 36.4 Å². The van der Waals surface area contributed by atoms with Crippen LogP contribution in [0.5, 0.6) is 0 Å². The van der Waals surface area contributed by atoms with Crippen molar-refractivity contribution in [3.8, 4) is 0 Å². The van der Waals surface area contributed by atoms with Gasteiger partial charge in [0, 0.05) is 0 Å². The Morgan fingerprint density at radius 1 is 1.24 bits per heavy atom. The topological polar surface area (TPSA) is 93.1 Å². The minimum Gasteiger partial charge on any atom is -0.465 e. The van der Waals surface area contributed by atoms with Gasteiger partial charge in [-0.1, -0.05) is 24.3 Å². The molecule has 1 N–H and O–H groups in total. The second-order valence-electron chi connectivity index (χ2n) is 6.71. The molecule has 2 saturated heterocycles. The van der Waals surface area contributed by atoms with E-state index in [1.54, 1.807) is 31.2 Å². The monoisotopic (exact) mass is 343 g/mol. The summed E-state index contributed by atoms with van der Waals surface area (Å²) in [7, 11) is 1.24. The number of hydrogen-bond donors (Lipinski definition) is 1. The van der Waals surface area contributed by atoms with Crippen LogP contribution in [-0.4, -0.2) is 47.8 Å². The van der Waals surface area contributed by atoms with Crippen molar-refractivity contribution >= 4 is 23.5 Å². The van der Waals surface area contributed by atoms with Crippen LogP contribution in [0.25, 0.3) is 0 Å². The number of para-hydroxylation sites is 1. The molecular weight excluding hydrogens is 326 g/mol. The van der Waals surface area contributed by atoms with Gasteiger partial charge in [0.2, 0.25) is 11.8 Å². The van der Waals surface area contributed by atoms with Crippen molar-refractivity contribution in [2.75, 3.05) is 18.6 Å². The lowest BCUT2D eigenvalue weighted by Crippen LogP contribution is -2.43. The number of rotatable bonds is 3. The van der Waals surface area contributed by atoms with E-state index in [9.17, 15) is 19.5 Å². The first-order chi connectivity index (χ1) is 11.9. The first kappa shape index (κ1) is 16.0. The second kappa shape index (κ2) is 5.00. The number of carbonyl (C=O) groups excluding carboxylic acids is 3. The number of imide groups is 1. The van der Waals surface area contributed by atoms with Crippen molar-refractivity contribution in [1.29, 1.82) is 0 Å². The van der Waals surface area contributed by atoms with Gasteiger partial charge in [0.15, 0.2) is 0 Å². The Bertz CT molecular complexity index is 833. The lowest BCUT2D eigenvalue weighted by molar-refractivity contribution is -0.131. The second-order valence-corrected chi connectivity index (χ2v) is 6.71. The first-order valence-corrected chi connectivity index (χ1v) is 7.95. The summed E-state index contributed by atoms with van der Waals surface area (Å²) in [5.41, 5.74) is -1.82. The van der Waals surface area contributed by atoms with Gasteiger partial charge in [-0.3, -0.25) is 9.59 Å². The zero-order valence-electron chi connectivity index (χ0n) is 13.8. The number of aliphatic hydroxyl groups excluding tert-OH is 1. The molecule has 7 heteroatoms. The molecule has 3 aliphatic heterocycles. The molecule has 0 radical (unpaired) electrons. The van der Waals surface area contributed by atoms with Gasteiger partial charge in [-0.25, -0.2) is 9.69 Å². The Balaban J connectivity index is 1.83. The van der Waals surface area contributed by atoms with Crippen LogP contribution in [0.4, 0.5) is 5.69 Å². The fraction of sp³-hybridized carbons (Fsp3) is 0.389. The Labute approximate surface area is 143 Å². The number of carbonyl (C=O) groups is 3. The zero-order chi connectivity index (χ0) is 18.0. The van der Waals surface area contributed by atoms with Gasteiger partial charge in [-0.05, 0) is 19.1 Å². The molecule has 4 rings (SSSR count). The van der Waals surface area contributed by atoms with Crippen LogP contribution < -0.4 is 4.90 Å². The van der Waals surface area contributed by atoms with E-state index in [0.717, 1.165) is 4.90 Å². The van der Waals surface area contributed by atoms with Crippen molar-refractivity contribution in [2.24, 2.45) is 11.8 Å². The number of nitrogens with zero attached hydrogens (tertiary/aromatic N) is 1. The molecule has 1 aromatic rings. The van der Waals surface area contributed by atoms with Gasteiger partial charge >= 0.3 is 5.97 Å². The molecule has 1 aromatic carbocycles. The highest BCUT2D eigenvalue weighted by Gasteiger charge is 2.72. The Morgan fingerprint density at radius 3 is 2.60 bits per heavy atom. The molecule has 25 heavy (non-hydrogen) atoms. The third kappa shape index (κ3) is 1.85. The number of amides is 2. The molecule has 7 nitrogen and oxygen atoms in total. The van der Waals surface area contributed by atoms with Crippen molar-refractivity contribution in [3.05, 3.63) is 42.0 Å². The van der Waals surface area contributed by atoms with Gasteiger partial charge in [0.1, 0.15) is 5.60 Å². The fourth-order valence-corrected chi connectivity index (χ4v) is 4.23. The van der Waals surface area contributed by atoms with Crippen LogP contribution in [0, 0.1) is 11.8 Å². The summed E-state index contributed by atoms with van der Waals surface area (Å²) in [6.45, 7) is 1.33. The van der Waals surface area contributed by atoms with E-state index >= 15 is 0 Å². The number of esters is 1. The first-order valence-electron chi connectivity index (χ1n) is 7.95. The van der Waals surface area contributed by atoms with Crippen molar-refractivity contribution < 1.29 is 29.0 Å². The lowest BCUT2D eigenvalue weighted by Gasteiger charge is -2.27. The van der Waals surface area contributed by atoms with E-state index in [1.807, 2.05) is 0 Å². The number of anilines is 1. The van der Waals surface area contributed by atoms with Crippen LogP contribution in [-0.2, 0) is 19.1 Å². The van der Waals surface area contributed by atoms with Gasteiger partial charge < -0.3 is 14.6 Å². The van der Waals surface area contributed by atoms with E-state index in [4.69, 9.17) is 9.47 Å². The molecule has 0 spiro atoms. The van der Waals surface area contributed by atoms with Crippen molar-refractivity contribution in [2.45, 2.75) is 18.1 Å². The normalized spacial score (nSPS) is 35.4. The molecule has 0 aromatic heterocycles. The van der Waals surface area contributed by atoms with Crippen LogP contribution in [0.2, 0.25) is 0 Å². The van der Waals surface area contributed by atoms with E-state index in [1.165, 1.54) is 19.2 Å². The smallest absolute Gasteiger partial charge is 0.339 e. The number of benzene rings is 1. The van der Waals surface area contributed by atoms with Gasteiger partial charge in [-0.2, -0.15) is 0 Å². The highest BCUT2D eigenvalue weighted by molar-refractivity contribution is 6.25. The Kier molecular flexibility index (Phi) is 3.20. The molecule has 2 amide bonds. The molecule has 3 aliphatic rings. The van der Waals surface area contributed by atoms with Crippen molar-refractivity contribution in [1.82, 2.24) is 0 Å². The largest absolute Gasteiger partial charge is 0.465 e. The molecular formula is C18H17NO6. The molecule has 4 atom stereocenters. The number of ether oxygens (including phenoxy) is 2. The maximum absolute atomic E-state index is 13.1. The van der Waals surface area contributed by atoms with E-state index < -0.39 is 47.4 Å². The maximum atomic E-state index is 13.1. The predicted molar refractivity (Wildman–Crippen MR) is 85.7 cm³/mol. The number of hydrogen-bond acceptors (Lipinski definition) is 6. The average molecular weight is 343 g/mol. The third-order valence-electron chi connectivity index (χ3n) is 5.35. The standard InChI is InChI=1S/C18H17NO6/c1-17-7-8-18(9-20,25-17)13-12(17)14(21)19(15(13)22)11-6-4-3-5-10(11)16(23)24-2/h3-8,12-13,20H,9H2,1-2H3. The summed E-state index contributed by atoms with van der Waals surface area (Å²) < 4.78 is 10.6. The molecule has 130 valence electrons.